The lowest BCUT2D eigenvalue weighted by Gasteiger charge is -2.31. The molecule has 1 aliphatic rings. The van der Waals surface area contributed by atoms with E-state index in [0.29, 0.717) is 6.61 Å². The van der Waals surface area contributed by atoms with Crippen molar-refractivity contribution in [2.75, 3.05) is 26.2 Å². The topological polar surface area (TPSA) is 21.7 Å². The smallest absolute Gasteiger partial charge is 0.150 e. The van der Waals surface area contributed by atoms with Crippen LogP contribution in [0.25, 0.3) is 11.1 Å². The fourth-order valence-corrected chi connectivity index (χ4v) is 4.68. The molecule has 0 saturated carbocycles. The number of hydrogen-bond acceptors (Lipinski definition) is 3. The number of rotatable bonds is 9. The van der Waals surface area contributed by atoms with Gasteiger partial charge in [-0.2, -0.15) is 0 Å². The van der Waals surface area contributed by atoms with E-state index in [4.69, 9.17) is 9.47 Å². The molecule has 0 N–H and O–H groups in total. The maximum Gasteiger partial charge on any atom is 0.150 e. The number of benzene rings is 3. The van der Waals surface area contributed by atoms with Crippen LogP contribution in [0.3, 0.4) is 0 Å². The maximum absolute atomic E-state index is 6.66. The largest absolute Gasteiger partial charge is 0.492 e. The Balaban J connectivity index is 1.60. The van der Waals surface area contributed by atoms with E-state index >= 15 is 0 Å². The molecule has 3 aromatic carbocycles. The summed E-state index contributed by atoms with van der Waals surface area (Å²) in [5, 5.41) is 0. The van der Waals surface area contributed by atoms with Gasteiger partial charge in [-0.15, -0.1) is 0 Å². The number of hydrogen-bond donors (Lipinski definition) is 0. The first-order chi connectivity index (χ1) is 16.5. The van der Waals surface area contributed by atoms with E-state index in [0.717, 1.165) is 36.7 Å². The Kier molecular flexibility index (Phi) is 7.74. The second-order valence-electron chi connectivity index (χ2n) is 9.25. The molecule has 0 saturated heterocycles. The first kappa shape index (κ1) is 24.1. The number of aryl methyl sites for hydroxylation is 2. The Labute approximate surface area is 205 Å². The summed E-state index contributed by atoms with van der Waals surface area (Å²) < 4.78 is 12.7. The summed E-state index contributed by atoms with van der Waals surface area (Å²) in [4.78, 5) is 2.42. The lowest BCUT2D eigenvalue weighted by atomic mass is 9.85. The fraction of sp³-hybridized carbons (Fsp3) is 0.355. The van der Waals surface area contributed by atoms with Crippen molar-refractivity contribution < 1.29 is 9.47 Å². The van der Waals surface area contributed by atoms with Crippen molar-refractivity contribution in [3.8, 4) is 11.5 Å². The summed E-state index contributed by atoms with van der Waals surface area (Å²) in [5.41, 5.74) is 8.47. The molecule has 34 heavy (non-hydrogen) atoms. The zero-order valence-corrected chi connectivity index (χ0v) is 21.2. The molecule has 1 atom stereocenters. The molecule has 3 nitrogen and oxygen atoms in total. The molecule has 178 valence electrons. The molecule has 0 fully saturated rings. The highest BCUT2D eigenvalue weighted by Gasteiger charge is 2.29. The van der Waals surface area contributed by atoms with E-state index in [1.165, 1.54) is 39.8 Å². The van der Waals surface area contributed by atoms with Crippen LogP contribution in [0, 0.1) is 13.8 Å². The maximum atomic E-state index is 6.66. The van der Waals surface area contributed by atoms with Gasteiger partial charge in [-0.1, -0.05) is 67.9 Å². The van der Waals surface area contributed by atoms with Gasteiger partial charge < -0.3 is 14.4 Å². The van der Waals surface area contributed by atoms with Crippen LogP contribution in [0.1, 0.15) is 61.1 Å². The Bertz CT molecular complexity index is 1130. The van der Waals surface area contributed by atoms with Crippen LogP contribution in [-0.4, -0.2) is 31.1 Å². The van der Waals surface area contributed by atoms with Gasteiger partial charge in [0.2, 0.25) is 0 Å². The normalized spacial score (nSPS) is 15.3. The summed E-state index contributed by atoms with van der Waals surface area (Å²) in [6.07, 6.45) is 1.01. The Morgan fingerprint density at radius 2 is 1.53 bits per heavy atom. The Hall–Kier alpha value is -3.04. The predicted octanol–water partition coefficient (Wildman–Crippen LogP) is 7.48. The van der Waals surface area contributed by atoms with Crippen LogP contribution in [0.15, 0.2) is 66.7 Å². The Morgan fingerprint density at radius 1 is 0.824 bits per heavy atom. The van der Waals surface area contributed by atoms with Gasteiger partial charge in [-0.25, -0.2) is 0 Å². The van der Waals surface area contributed by atoms with E-state index in [9.17, 15) is 0 Å². The van der Waals surface area contributed by atoms with Crippen LogP contribution < -0.4 is 9.47 Å². The minimum absolute atomic E-state index is 0.161. The average Bonchev–Trinajstić information content (AvgIpc) is 2.84. The van der Waals surface area contributed by atoms with Gasteiger partial charge in [0, 0.05) is 17.7 Å². The molecule has 1 aliphatic heterocycles. The van der Waals surface area contributed by atoms with Gasteiger partial charge in [0.1, 0.15) is 24.2 Å². The summed E-state index contributed by atoms with van der Waals surface area (Å²) in [5.74, 6) is 1.86. The monoisotopic (exact) mass is 455 g/mol. The predicted molar refractivity (Wildman–Crippen MR) is 143 cm³/mol. The van der Waals surface area contributed by atoms with Crippen LogP contribution in [-0.2, 0) is 0 Å². The lowest BCUT2D eigenvalue weighted by molar-refractivity contribution is 0.215. The number of allylic oxidation sites excluding steroid dienone is 1. The van der Waals surface area contributed by atoms with Crippen LogP contribution in [0.4, 0.5) is 0 Å². The zero-order chi connectivity index (χ0) is 24.1. The van der Waals surface area contributed by atoms with E-state index < -0.39 is 0 Å². The van der Waals surface area contributed by atoms with E-state index in [2.05, 4.69) is 106 Å². The third kappa shape index (κ3) is 5.37. The van der Waals surface area contributed by atoms with Gasteiger partial charge in [-0.05, 0) is 80.7 Å². The standard InChI is InChI=1S/C31H37NO2/c1-6-18-32(7-2)19-20-33-27-15-13-26(14-16-27)31-30(25-11-8-22(3)9-12-25)24(5)28-17-10-23(4)21-29(28)34-31/h8-17,21,31H,6-7,18-20H2,1-5H3/t31-/m0/s1. The summed E-state index contributed by atoms with van der Waals surface area (Å²) in [6.45, 7) is 14.7. The van der Waals surface area contributed by atoms with Gasteiger partial charge in [0.05, 0.1) is 0 Å². The molecule has 0 aliphatic carbocycles. The molecular weight excluding hydrogens is 418 g/mol. The van der Waals surface area contributed by atoms with E-state index in [-0.39, 0.29) is 6.10 Å². The van der Waals surface area contributed by atoms with Crippen molar-refractivity contribution in [1.82, 2.24) is 4.90 Å². The van der Waals surface area contributed by atoms with E-state index in [1.807, 2.05) is 0 Å². The SMILES string of the molecule is CCCN(CC)CCOc1ccc([C@@H]2Oc3cc(C)ccc3C(C)=C2c2ccc(C)cc2)cc1. The molecule has 0 bridgehead atoms. The second-order valence-corrected chi connectivity index (χ2v) is 9.25. The van der Waals surface area contributed by atoms with Crippen LogP contribution in [0.5, 0.6) is 11.5 Å². The van der Waals surface area contributed by atoms with Crippen molar-refractivity contribution in [3.63, 3.8) is 0 Å². The highest BCUT2D eigenvalue weighted by Crippen LogP contribution is 2.46. The first-order valence-electron chi connectivity index (χ1n) is 12.5. The van der Waals surface area contributed by atoms with Crippen LogP contribution >= 0.6 is 0 Å². The number of likely N-dealkylation sites (N-methyl/N-ethyl adjacent to an activating group) is 1. The average molecular weight is 456 g/mol. The molecule has 4 rings (SSSR count). The lowest BCUT2D eigenvalue weighted by Crippen LogP contribution is -2.29. The molecule has 1 heterocycles. The van der Waals surface area contributed by atoms with Gasteiger partial charge in [-0.3, -0.25) is 0 Å². The molecule has 0 spiro atoms. The van der Waals surface area contributed by atoms with Gasteiger partial charge in [0.15, 0.2) is 0 Å². The molecule has 0 unspecified atom stereocenters. The van der Waals surface area contributed by atoms with Crippen LogP contribution in [0.2, 0.25) is 0 Å². The molecular formula is C31H37NO2. The molecule has 0 amide bonds. The molecule has 3 heteroatoms. The van der Waals surface area contributed by atoms with Crippen molar-refractivity contribution in [3.05, 3.63) is 94.5 Å². The molecule has 0 aromatic heterocycles. The molecule has 3 aromatic rings. The summed E-state index contributed by atoms with van der Waals surface area (Å²) in [6, 6.07) is 23.7. The number of ether oxygens (including phenoxy) is 2. The number of nitrogens with zero attached hydrogens (tertiary/aromatic N) is 1. The van der Waals surface area contributed by atoms with Crippen molar-refractivity contribution in [2.45, 2.75) is 47.1 Å². The minimum atomic E-state index is -0.161. The van der Waals surface area contributed by atoms with Crippen molar-refractivity contribution in [2.24, 2.45) is 0 Å². The third-order valence-corrected chi connectivity index (χ3v) is 6.66. The second kappa shape index (κ2) is 10.9. The highest BCUT2D eigenvalue weighted by atomic mass is 16.5. The summed E-state index contributed by atoms with van der Waals surface area (Å²) in [7, 11) is 0. The third-order valence-electron chi connectivity index (χ3n) is 6.66. The zero-order valence-electron chi connectivity index (χ0n) is 21.2. The number of fused-ring (bicyclic) bond motifs is 1. The quantitative estimate of drug-likeness (QED) is 0.334. The minimum Gasteiger partial charge on any atom is -0.492 e. The fourth-order valence-electron chi connectivity index (χ4n) is 4.68. The Morgan fingerprint density at radius 3 is 2.21 bits per heavy atom. The first-order valence-corrected chi connectivity index (χ1v) is 12.5. The van der Waals surface area contributed by atoms with Crippen molar-refractivity contribution >= 4 is 11.1 Å². The van der Waals surface area contributed by atoms with Gasteiger partial charge in [0.25, 0.3) is 0 Å². The summed E-state index contributed by atoms with van der Waals surface area (Å²) >= 11 is 0. The highest BCUT2D eigenvalue weighted by molar-refractivity contribution is 5.95. The molecule has 0 radical (unpaired) electrons. The van der Waals surface area contributed by atoms with E-state index in [1.54, 1.807) is 0 Å². The van der Waals surface area contributed by atoms with Crippen molar-refractivity contribution in [1.29, 1.82) is 0 Å². The van der Waals surface area contributed by atoms with Gasteiger partial charge >= 0.3 is 0 Å².